The summed E-state index contributed by atoms with van der Waals surface area (Å²) < 4.78 is 37.7. The Labute approximate surface area is 131 Å². The summed E-state index contributed by atoms with van der Waals surface area (Å²) in [4.78, 5) is 4.25. The molecule has 0 amide bonds. The Bertz CT molecular complexity index is 807. The maximum atomic E-state index is 12.6. The predicted molar refractivity (Wildman–Crippen MR) is 81.9 cm³/mol. The first-order valence-electron chi connectivity index (χ1n) is 7.13. The number of para-hydroxylation sites is 1. The van der Waals surface area contributed by atoms with Crippen molar-refractivity contribution in [1.29, 1.82) is 0 Å². The van der Waals surface area contributed by atoms with Crippen molar-refractivity contribution in [3.63, 3.8) is 0 Å². The van der Waals surface area contributed by atoms with Crippen molar-refractivity contribution >= 4 is 10.9 Å². The van der Waals surface area contributed by atoms with Crippen molar-refractivity contribution < 1.29 is 18.3 Å². The van der Waals surface area contributed by atoms with Crippen molar-refractivity contribution in [1.82, 2.24) is 4.98 Å². The molecule has 118 valence electrons. The van der Waals surface area contributed by atoms with Gasteiger partial charge in [-0.2, -0.15) is 13.2 Å². The van der Waals surface area contributed by atoms with Crippen LogP contribution in [0.3, 0.4) is 0 Å². The molecule has 0 aliphatic carbocycles. The second-order valence-electron chi connectivity index (χ2n) is 5.33. The highest BCUT2D eigenvalue weighted by Gasteiger charge is 2.30. The number of aliphatic hydroxyl groups excluding tert-OH is 1. The normalized spacial score (nSPS) is 13.2. The molecular weight excluding hydrogens is 303 g/mol. The van der Waals surface area contributed by atoms with E-state index in [1.165, 1.54) is 12.1 Å². The van der Waals surface area contributed by atoms with Crippen LogP contribution in [0.25, 0.3) is 10.9 Å². The molecule has 2 aromatic carbocycles. The van der Waals surface area contributed by atoms with Gasteiger partial charge in [-0.05, 0) is 35.4 Å². The van der Waals surface area contributed by atoms with Gasteiger partial charge in [0.15, 0.2) is 0 Å². The Morgan fingerprint density at radius 1 is 0.957 bits per heavy atom. The number of fused-ring (bicyclic) bond motifs is 1. The lowest BCUT2D eigenvalue weighted by Gasteiger charge is -2.14. The van der Waals surface area contributed by atoms with Gasteiger partial charge in [0.2, 0.25) is 0 Å². The van der Waals surface area contributed by atoms with Gasteiger partial charge in [0.05, 0.1) is 17.2 Å². The van der Waals surface area contributed by atoms with Crippen LogP contribution >= 0.6 is 0 Å². The van der Waals surface area contributed by atoms with Gasteiger partial charge in [-0.15, -0.1) is 0 Å². The number of pyridine rings is 1. The number of hydrogen-bond acceptors (Lipinski definition) is 2. The van der Waals surface area contributed by atoms with Gasteiger partial charge in [0, 0.05) is 18.0 Å². The van der Waals surface area contributed by atoms with Crippen LogP contribution in [0.2, 0.25) is 0 Å². The van der Waals surface area contributed by atoms with Crippen molar-refractivity contribution in [2.24, 2.45) is 0 Å². The zero-order valence-corrected chi connectivity index (χ0v) is 12.1. The van der Waals surface area contributed by atoms with E-state index < -0.39 is 17.8 Å². The minimum absolute atomic E-state index is 0.314. The van der Waals surface area contributed by atoms with Crippen LogP contribution in [0.4, 0.5) is 13.2 Å². The van der Waals surface area contributed by atoms with Gasteiger partial charge in [-0.3, -0.25) is 4.98 Å². The van der Waals surface area contributed by atoms with Crippen LogP contribution in [-0.4, -0.2) is 10.1 Å². The summed E-state index contributed by atoms with van der Waals surface area (Å²) >= 11 is 0. The lowest BCUT2D eigenvalue weighted by Crippen LogP contribution is -2.07. The summed E-state index contributed by atoms with van der Waals surface area (Å²) in [5.74, 6) is 0. The lowest BCUT2D eigenvalue weighted by atomic mass is 9.98. The molecule has 0 aliphatic rings. The smallest absolute Gasteiger partial charge is 0.388 e. The van der Waals surface area contributed by atoms with Gasteiger partial charge in [-0.25, -0.2) is 0 Å². The lowest BCUT2D eigenvalue weighted by molar-refractivity contribution is -0.137. The van der Waals surface area contributed by atoms with E-state index in [1.54, 1.807) is 6.20 Å². The summed E-state index contributed by atoms with van der Waals surface area (Å²) in [7, 11) is 0. The Morgan fingerprint density at radius 3 is 2.35 bits per heavy atom. The zero-order chi connectivity index (χ0) is 16.4. The fraction of sp³-hybridized carbons (Fsp3) is 0.167. The molecule has 3 rings (SSSR count). The summed E-state index contributed by atoms with van der Waals surface area (Å²) in [6.07, 6.45) is -3.26. The third-order valence-electron chi connectivity index (χ3n) is 3.78. The molecule has 23 heavy (non-hydrogen) atoms. The minimum Gasteiger partial charge on any atom is -0.388 e. The van der Waals surface area contributed by atoms with Gasteiger partial charge >= 0.3 is 6.18 Å². The first kappa shape index (κ1) is 15.5. The molecule has 1 atom stereocenters. The van der Waals surface area contributed by atoms with E-state index in [-0.39, 0.29) is 0 Å². The number of hydrogen-bond donors (Lipinski definition) is 1. The van der Waals surface area contributed by atoms with E-state index in [0.29, 0.717) is 12.0 Å². The summed E-state index contributed by atoms with van der Waals surface area (Å²) in [6.45, 7) is 0. The number of aromatic nitrogens is 1. The highest BCUT2D eigenvalue weighted by molar-refractivity contribution is 5.81. The Morgan fingerprint density at radius 2 is 1.65 bits per heavy atom. The molecule has 0 fully saturated rings. The van der Waals surface area contributed by atoms with E-state index in [0.717, 1.165) is 28.6 Å². The fourth-order valence-electron chi connectivity index (χ4n) is 2.55. The second-order valence-corrected chi connectivity index (χ2v) is 5.33. The van der Waals surface area contributed by atoms with Crippen LogP contribution in [-0.2, 0) is 12.6 Å². The van der Waals surface area contributed by atoms with E-state index in [2.05, 4.69) is 4.98 Å². The third kappa shape index (κ3) is 3.35. The number of rotatable bonds is 3. The topological polar surface area (TPSA) is 33.1 Å². The van der Waals surface area contributed by atoms with E-state index >= 15 is 0 Å². The van der Waals surface area contributed by atoms with Crippen molar-refractivity contribution in [3.05, 3.63) is 77.5 Å². The number of benzene rings is 2. The highest BCUT2D eigenvalue weighted by atomic mass is 19.4. The zero-order valence-electron chi connectivity index (χ0n) is 12.1. The van der Waals surface area contributed by atoms with Crippen molar-refractivity contribution in [2.45, 2.75) is 18.7 Å². The second kappa shape index (κ2) is 6.01. The molecule has 0 saturated heterocycles. The average Bonchev–Trinajstić information content (AvgIpc) is 2.54. The molecule has 1 unspecified atom stereocenters. The molecule has 1 aromatic heterocycles. The molecular formula is C18H14F3NO. The van der Waals surface area contributed by atoms with Crippen LogP contribution < -0.4 is 0 Å². The summed E-state index contributed by atoms with van der Waals surface area (Å²) in [6, 6.07) is 14.0. The first-order chi connectivity index (χ1) is 10.9. The molecule has 0 spiro atoms. The Balaban J connectivity index is 1.85. The molecule has 1 N–H and O–H groups in total. The van der Waals surface area contributed by atoms with E-state index in [4.69, 9.17) is 0 Å². The molecule has 0 radical (unpaired) electrons. The van der Waals surface area contributed by atoms with Gasteiger partial charge < -0.3 is 5.11 Å². The molecule has 1 heterocycles. The van der Waals surface area contributed by atoms with Crippen LogP contribution in [0.15, 0.2) is 60.8 Å². The Hall–Kier alpha value is -2.40. The number of nitrogens with zero attached hydrogens (tertiary/aromatic N) is 1. The van der Waals surface area contributed by atoms with Crippen LogP contribution in [0.5, 0.6) is 0 Å². The maximum Gasteiger partial charge on any atom is 0.416 e. The van der Waals surface area contributed by atoms with Crippen LogP contribution in [0.1, 0.15) is 22.8 Å². The van der Waals surface area contributed by atoms with Crippen molar-refractivity contribution in [3.8, 4) is 0 Å². The number of alkyl halides is 3. The molecule has 2 nitrogen and oxygen atoms in total. The number of halogens is 3. The molecule has 0 bridgehead atoms. The van der Waals surface area contributed by atoms with E-state index in [9.17, 15) is 18.3 Å². The monoisotopic (exact) mass is 317 g/mol. The van der Waals surface area contributed by atoms with Crippen molar-refractivity contribution in [2.75, 3.05) is 0 Å². The quantitative estimate of drug-likeness (QED) is 0.770. The third-order valence-corrected chi connectivity index (χ3v) is 3.78. The first-order valence-corrected chi connectivity index (χ1v) is 7.13. The number of aliphatic hydroxyl groups is 1. The average molecular weight is 317 g/mol. The summed E-state index contributed by atoms with van der Waals surface area (Å²) in [5, 5.41) is 11.3. The highest BCUT2D eigenvalue weighted by Crippen LogP contribution is 2.30. The fourth-order valence-corrected chi connectivity index (χ4v) is 2.55. The van der Waals surface area contributed by atoms with Gasteiger partial charge in [-0.1, -0.05) is 30.3 Å². The van der Waals surface area contributed by atoms with Gasteiger partial charge in [0.1, 0.15) is 0 Å². The summed E-state index contributed by atoms with van der Waals surface area (Å²) in [5.41, 5.74) is 1.47. The van der Waals surface area contributed by atoms with E-state index in [1.807, 2.05) is 30.3 Å². The molecule has 3 aromatic rings. The maximum absolute atomic E-state index is 12.6. The standard InChI is InChI=1S/C18H14F3NO/c19-18(20,21)14-7-5-12(6-8-14)17(23)11-13-9-10-22-16-4-2-1-3-15(13)16/h1-10,17,23H,11H2. The largest absolute Gasteiger partial charge is 0.416 e. The van der Waals surface area contributed by atoms with Crippen LogP contribution in [0, 0.1) is 0 Å². The molecule has 5 heteroatoms. The van der Waals surface area contributed by atoms with Gasteiger partial charge in [0.25, 0.3) is 0 Å². The Kier molecular flexibility index (Phi) is 4.05. The molecule has 0 aliphatic heterocycles. The predicted octanol–water partition coefficient (Wildman–Crippen LogP) is 4.53. The molecule has 0 saturated carbocycles. The minimum atomic E-state index is -4.37. The SMILES string of the molecule is OC(Cc1ccnc2ccccc12)c1ccc(C(F)(F)F)cc1.